The predicted octanol–water partition coefficient (Wildman–Crippen LogP) is -3.01. The van der Waals surface area contributed by atoms with E-state index >= 15 is 0 Å². The van der Waals surface area contributed by atoms with Crippen LogP contribution in [0.15, 0.2) is 0 Å². The minimum Gasteiger partial charge on any atom is -0.481 e. The second kappa shape index (κ2) is 25.5. The molecule has 0 aliphatic carbocycles. The van der Waals surface area contributed by atoms with Crippen LogP contribution in [0.5, 0.6) is 0 Å². The van der Waals surface area contributed by atoms with Crippen molar-refractivity contribution in [1.82, 2.24) is 26.6 Å². The number of rotatable bonds is 28. The zero-order valence-electron chi connectivity index (χ0n) is 29.2. The second-order valence-electron chi connectivity index (χ2n) is 12.1. The number of amides is 5. The van der Waals surface area contributed by atoms with Crippen molar-refractivity contribution in [2.24, 2.45) is 17.2 Å². The molecule has 20 nitrogen and oxygen atoms in total. The van der Waals surface area contributed by atoms with Gasteiger partial charge < -0.3 is 64.2 Å². The first kappa shape index (κ1) is 46.6. The predicted molar refractivity (Wildman–Crippen MR) is 181 cm³/mol. The average molecular weight is 733 g/mol. The molecule has 15 N–H and O–H groups in total. The van der Waals surface area contributed by atoms with Gasteiger partial charge in [-0.05, 0) is 71.4 Å². The summed E-state index contributed by atoms with van der Waals surface area (Å²) >= 11 is 0. The number of hydrogen-bond donors (Lipinski definition) is 12. The molecule has 0 bridgehead atoms. The standard InChI is InChI=1S/C31H56N8O12/c1-3-8-22(31(50)51)38-28(47)20(11-13-23(41)42)37-30(49)25(17(2)40)39-29(48)21(12-14-24(43)44)36-27(46)19(10-5-7-16-33)35-26(45)18(34)9-4-6-15-32/h17-22,25,40H,3-16,32-34H2,1-2H3,(H,35,45)(H,36,46)(H,37,49)(H,38,47)(H,39,48)(H,41,42)(H,43,44)(H,50,51)/t17-,18+,19+,20+,21+,22+,25+/m1/s1. The van der Waals surface area contributed by atoms with E-state index in [0.717, 1.165) is 6.92 Å². The molecule has 292 valence electrons. The van der Waals surface area contributed by atoms with Crippen molar-refractivity contribution in [2.75, 3.05) is 13.1 Å². The topological polar surface area (TPSA) is 356 Å². The summed E-state index contributed by atoms with van der Waals surface area (Å²) in [5.41, 5.74) is 17.0. The fraction of sp³-hybridized carbons (Fsp3) is 0.742. The monoisotopic (exact) mass is 732 g/mol. The van der Waals surface area contributed by atoms with E-state index in [2.05, 4.69) is 26.6 Å². The Labute approximate surface area is 296 Å². The summed E-state index contributed by atoms with van der Waals surface area (Å²) in [6.45, 7) is 3.49. The Bertz CT molecular complexity index is 1170. The van der Waals surface area contributed by atoms with E-state index in [-0.39, 0.29) is 12.8 Å². The zero-order chi connectivity index (χ0) is 39.1. The number of aliphatic hydroxyl groups excluding tert-OH is 1. The number of carboxylic acid groups (broad SMARTS) is 3. The summed E-state index contributed by atoms with van der Waals surface area (Å²) in [5, 5.41) is 49.9. The highest BCUT2D eigenvalue weighted by Crippen LogP contribution is 2.08. The summed E-state index contributed by atoms with van der Waals surface area (Å²) in [6, 6.07) is -8.48. The Morgan fingerprint density at radius 1 is 0.549 bits per heavy atom. The fourth-order valence-electron chi connectivity index (χ4n) is 4.76. The molecule has 5 amide bonds. The number of carbonyl (C=O) groups is 8. The molecule has 0 aliphatic heterocycles. The highest BCUT2D eigenvalue weighted by molar-refractivity contribution is 5.96. The van der Waals surface area contributed by atoms with Gasteiger partial charge in [-0.25, -0.2) is 4.79 Å². The van der Waals surface area contributed by atoms with Gasteiger partial charge in [-0.3, -0.25) is 33.6 Å². The van der Waals surface area contributed by atoms with Gasteiger partial charge in [0.25, 0.3) is 0 Å². The lowest BCUT2D eigenvalue weighted by atomic mass is 10.0. The molecule has 0 saturated carbocycles. The van der Waals surface area contributed by atoms with E-state index in [4.69, 9.17) is 22.3 Å². The Morgan fingerprint density at radius 3 is 1.39 bits per heavy atom. The first-order valence-electron chi connectivity index (χ1n) is 17.0. The molecule has 0 aromatic rings. The first-order valence-corrected chi connectivity index (χ1v) is 17.0. The van der Waals surface area contributed by atoms with Gasteiger partial charge in [0.2, 0.25) is 29.5 Å². The molecular formula is C31H56N8O12. The maximum atomic E-state index is 13.4. The summed E-state index contributed by atoms with van der Waals surface area (Å²) < 4.78 is 0. The molecule has 0 fully saturated rings. The third kappa shape index (κ3) is 19.5. The van der Waals surface area contributed by atoms with Crippen LogP contribution in [-0.4, -0.2) is 123 Å². The van der Waals surface area contributed by atoms with Crippen LogP contribution >= 0.6 is 0 Å². The van der Waals surface area contributed by atoms with Gasteiger partial charge in [0, 0.05) is 12.8 Å². The zero-order valence-corrected chi connectivity index (χ0v) is 29.2. The third-order valence-electron chi connectivity index (χ3n) is 7.70. The summed E-state index contributed by atoms with van der Waals surface area (Å²) in [5.74, 6) is -8.78. The lowest BCUT2D eigenvalue weighted by Crippen LogP contribution is -2.61. The molecule has 20 heteroatoms. The van der Waals surface area contributed by atoms with Gasteiger partial charge in [0.1, 0.15) is 30.2 Å². The maximum Gasteiger partial charge on any atom is 0.326 e. The molecule has 0 rings (SSSR count). The molecule has 0 saturated heterocycles. The molecular weight excluding hydrogens is 676 g/mol. The molecule has 0 heterocycles. The van der Waals surface area contributed by atoms with Gasteiger partial charge in [0.05, 0.1) is 12.1 Å². The molecule has 0 aliphatic rings. The normalized spacial score (nSPS) is 15.1. The van der Waals surface area contributed by atoms with Gasteiger partial charge >= 0.3 is 17.9 Å². The van der Waals surface area contributed by atoms with Gasteiger partial charge in [-0.15, -0.1) is 0 Å². The third-order valence-corrected chi connectivity index (χ3v) is 7.70. The SMILES string of the molecule is CCC[C@H](NC(=O)[C@H](CCC(=O)O)NC(=O)[C@@H](NC(=O)[C@H](CCC(=O)O)NC(=O)[C@H](CCCCN)NC(=O)[C@@H](N)CCCCN)[C@@H](C)O)C(=O)O. The van der Waals surface area contributed by atoms with E-state index in [9.17, 15) is 53.7 Å². The lowest BCUT2D eigenvalue weighted by Gasteiger charge is -2.28. The van der Waals surface area contributed by atoms with Gasteiger partial charge in [-0.1, -0.05) is 19.8 Å². The highest BCUT2D eigenvalue weighted by atomic mass is 16.4. The molecule has 0 aromatic carbocycles. The number of unbranched alkanes of at least 4 members (excludes halogenated alkanes) is 2. The summed E-state index contributed by atoms with van der Waals surface area (Å²) in [6.07, 6.45) is -0.903. The number of nitrogens with two attached hydrogens (primary N) is 3. The summed E-state index contributed by atoms with van der Waals surface area (Å²) in [7, 11) is 0. The van der Waals surface area contributed by atoms with Crippen LogP contribution in [0.2, 0.25) is 0 Å². The fourth-order valence-corrected chi connectivity index (χ4v) is 4.76. The Kier molecular flexibility index (Phi) is 23.3. The molecule has 0 radical (unpaired) electrons. The van der Waals surface area contributed by atoms with Crippen LogP contribution in [0.4, 0.5) is 0 Å². The van der Waals surface area contributed by atoms with Gasteiger partial charge in [-0.2, -0.15) is 0 Å². The number of hydrogen-bond acceptors (Lipinski definition) is 12. The molecule has 51 heavy (non-hydrogen) atoms. The average Bonchev–Trinajstić information content (AvgIpc) is 3.05. The van der Waals surface area contributed by atoms with Crippen LogP contribution in [0.25, 0.3) is 0 Å². The van der Waals surface area contributed by atoms with Crippen molar-refractivity contribution < 1.29 is 58.8 Å². The molecule has 7 atom stereocenters. The van der Waals surface area contributed by atoms with Crippen molar-refractivity contribution in [3.8, 4) is 0 Å². The van der Waals surface area contributed by atoms with Crippen LogP contribution in [0, 0.1) is 0 Å². The Morgan fingerprint density at radius 2 is 0.961 bits per heavy atom. The van der Waals surface area contributed by atoms with E-state index in [1.165, 1.54) is 0 Å². The Hall–Kier alpha value is -4.40. The summed E-state index contributed by atoms with van der Waals surface area (Å²) in [4.78, 5) is 100.0. The smallest absolute Gasteiger partial charge is 0.326 e. The minimum absolute atomic E-state index is 0.0373. The van der Waals surface area contributed by atoms with Crippen LogP contribution in [0.1, 0.15) is 90.9 Å². The molecule has 0 spiro atoms. The van der Waals surface area contributed by atoms with E-state index in [1.807, 2.05) is 0 Å². The molecule has 0 unspecified atom stereocenters. The highest BCUT2D eigenvalue weighted by Gasteiger charge is 2.34. The van der Waals surface area contributed by atoms with Gasteiger partial charge in [0.15, 0.2) is 0 Å². The quantitative estimate of drug-likeness (QED) is 0.0356. The van der Waals surface area contributed by atoms with Crippen molar-refractivity contribution in [1.29, 1.82) is 0 Å². The Balaban J connectivity index is 6.12. The number of aliphatic carboxylic acids is 3. The van der Waals surface area contributed by atoms with Crippen molar-refractivity contribution in [2.45, 2.75) is 133 Å². The van der Waals surface area contributed by atoms with Crippen LogP contribution in [0.3, 0.4) is 0 Å². The minimum atomic E-state index is -1.81. The largest absolute Gasteiger partial charge is 0.481 e. The maximum absolute atomic E-state index is 13.4. The van der Waals surface area contributed by atoms with E-state index in [1.54, 1.807) is 6.92 Å². The second-order valence-corrected chi connectivity index (χ2v) is 12.1. The number of carbonyl (C=O) groups excluding carboxylic acids is 5. The van der Waals surface area contributed by atoms with Crippen molar-refractivity contribution >= 4 is 47.4 Å². The van der Waals surface area contributed by atoms with Crippen molar-refractivity contribution in [3.05, 3.63) is 0 Å². The van der Waals surface area contributed by atoms with Crippen molar-refractivity contribution in [3.63, 3.8) is 0 Å². The van der Waals surface area contributed by atoms with Crippen LogP contribution in [-0.2, 0) is 38.4 Å². The number of aliphatic hydroxyl groups is 1. The lowest BCUT2D eigenvalue weighted by molar-refractivity contribution is -0.143. The van der Waals surface area contributed by atoms with Crippen LogP contribution < -0.4 is 43.8 Å². The first-order chi connectivity index (χ1) is 24.0. The number of nitrogens with one attached hydrogen (secondary N) is 5. The number of carboxylic acids is 3. The van der Waals surface area contributed by atoms with E-state index < -0.39 is 115 Å². The van der Waals surface area contributed by atoms with E-state index in [0.29, 0.717) is 51.6 Å². The molecule has 0 aromatic heterocycles.